The monoisotopic (exact) mass is 259 g/mol. The van der Waals surface area contributed by atoms with E-state index in [1.165, 1.54) is 22.9 Å². The Hall–Kier alpha value is -1.40. The molecule has 17 heavy (non-hydrogen) atoms. The lowest BCUT2D eigenvalue weighted by molar-refractivity contribution is -0.137. The van der Waals surface area contributed by atoms with E-state index in [1.54, 1.807) is 6.07 Å². The van der Waals surface area contributed by atoms with E-state index in [-0.39, 0.29) is 6.61 Å². The fourth-order valence-corrected chi connectivity index (χ4v) is 2.26. The summed E-state index contributed by atoms with van der Waals surface area (Å²) in [7, 11) is 0. The van der Waals surface area contributed by atoms with Gasteiger partial charge < -0.3 is 5.11 Å². The van der Waals surface area contributed by atoms with E-state index in [4.69, 9.17) is 5.11 Å². The number of nitrogens with zero attached hydrogens (tertiary/aromatic N) is 1. The van der Waals surface area contributed by atoms with Crippen LogP contribution in [0.3, 0.4) is 0 Å². The van der Waals surface area contributed by atoms with Crippen LogP contribution in [0.15, 0.2) is 29.8 Å². The van der Waals surface area contributed by atoms with Crippen molar-refractivity contribution in [3.05, 3.63) is 41.0 Å². The van der Waals surface area contributed by atoms with Crippen LogP contribution in [-0.2, 0) is 12.8 Å². The number of halogens is 3. The zero-order valence-corrected chi connectivity index (χ0v) is 9.35. The SMILES string of the molecule is OCc1ncsc1-c1cccc(C(F)(F)F)c1. The van der Waals surface area contributed by atoms with Crippen molar-refractivity contribution in [3.8, 4) is 10.4 Å². The van der Waals surface area contributed by atoms with Gasteiger partial charge in [-0.3, -0.25) is 0 Å². The molecule has 0 aliphatic rings. The number of aliphatic hydroxyl groups excluding tert-OH is 1. The zero-order chi connectivity index (χ0) is 12.5. The third kappa shape index (κ3) is 2.48. The van der Waals surface area contributed by atoms with Crippen LogP contribution in [0, 0.1) is 0 Å². The highest BCUT2D eigenvalue weighted by molar-refractivity contribution is 7.13. The molecule has 0 bridgehead atoms. The topological polar surface area (TPSA) is 33.1 Å². The third-order valence-electron chi connectivity index (χ3n) is 2.24. The van der Waals surface area contributed by atoms with Crippen LogP contribution < -0.4 is 0 Å². The van der Waals surface area contributed by atoms with E-state index >= 15 is 0 Å². The molecule has 2 nitrogen and oxygen atoms in total. The summed E-state index contributed by atoms with van der Waals surface area (Å²) in [5, 5.41) is 9.02. The lowest BCUT2D eigenvalue weighted by atomic mass is 10.1. The molecule has 1 N–H and O–H groups in total. The minimum atomic E-state index is -4.36. The maximum atomic E-state index is 12.5. The van der Waals surface area contributed by atoms with Gasteiger partial charge in [-0.05, 0) is 17.7 Å². The largest absolute Gasteiger partial charge is 0.416 e. The molecule has 0 aliphatic carbocycles. The second-order valence-corrected chi connectivity index (χ2v) is 4.22. The van der Waals surface area contributed by atoms with Gasteiger partial charge in [0.2, 0.25) is 0 Å². The lowest BCUT2D eigenvalue weighted by Crippen LogP contribution is -2.04. The zero-order valence-electron chi connectivity index (χ0n) is 8.53. The van der Waals surface area contributed by atoms with E-state index in [0.717, 1.165) is 12.1 Å². The van der Waals surface area contributed by atoms with Crippen molar-refractivity contribution < 1.29 is 18.3 Å². The van der Waals surface area contributed by atoms with Crippen LogP contribution in [0.2, 0.25) is 0 Å². The Morgan fingerprint density at radius 1 is 1.29 bits per heavy atom. The Kier molecular flexibility index (Phi) is 3.17. The molecule has 1 aromatic carbocycles. The summed E-state index contributed by atoms with van der Waals surface area (Å²) in [6, 6.07) is 5.00. The number of benzene rings is 1. The van der Waals surface area contributed by atoms with Gasteiger partial charge in [0.15, 0.2) is 0 Å². The van der Waals surface area contributed by atoms with Crippen molar-refractivity contribution in [2.24, 2.45) is 0 Å². The summed E-state index contributed by atoms with van der Waals surface area (Å²) >= 11 is 1.21. The van der Waals surface area contributed by atoms with Crippen molar-refractivity contribution in [3.63, 3.8) is 0 Å². The first kappa shape index (κ1) is 12.1. The van der Waals surface area contributed by atoms with Crippen LogP contribution in [-0.4, -0.2) is 10.1 Å². The average Bonchev–Trinajstić information content (AvgIpc) is 2.76. The molecule has 0 saturated heterocycles. The Labute approximate surface area is 99.4 Å². The molecule has 0 atom stereocenters. The molecule has 0 unspecified atom stereocenters. The third-order valence-corrected chi connectivity index (χ3v) is 3.16. The summed E-state index contributed by atoms with van der Waals surface area (Å²) in [5.74, 6) is 0. The number of aliphatic hydroxyl groups is 1. The van der Waals surface area contributed by atoms with Crippen molar-refractivity contribution in [2.75, 3.05) is 0 Å². The van der Waals surface area contributed by atoms with E-state index in [2.05, 4.69) is 4.98 Å². The summed E-state index contributed by atoms with van der Waals surface area (Å²) in [4.78, 5) is 4.46. The van der Waals surface area contributed by atoms with Crippen LogP contribution in [0.25, 0.3) is 10.4 Å². The Morgan fingerprint density at radius 2 is 2.06 bits per heavy atom. The van der Waals surface area contributed by atoms with E-state index in [1.807, 2.05) is 0 Å². The summed E-state index contributed by atoms with van der Waals surface area (Å²) < 4.78 is 37.6. The standard InChI is InChI=1S/C11H8F3NOS/c12-11(13,14)8-3-1-2-7(4-8)10-9(5-16)15-6-17-10/h1-4,6,16H,5H2. The van der Waals surface area contributed by atoms with Crippen LogP contribution in [0.4, 0.5) is 13.2 Å². The van der Waals surface area contributed by atoms with Crippen LogP contribution in [0.1, 0.15) is 11.3 Å². The molecule has 1 heterocycles. The van der Waals surface area contributed by atoms with E-state index in [0.29, 0.717) is 16.1 Å². The quantitative estimate of drug-likeness (QED) is 0.897. The Balaban J connectivity index is 2.47. The van der Waals surface area contributed by atoms with Crippen molar-refractivity contribution in [1.29, 1.82) is 0 Å². The molecule has 0 aliphatic heterocycles. The first-order chi connectivity index (χ1) is 8.02. The lowest BCUT2D eigenvalue weighted by Gasteiger charge is -2.08. The molecular formula is C11H8F3NOS. The summed E-state index contributed by atoms with van der Waals surface area (Å²) in [5.41, 5.74) is 1.62. The van der Waals surface area contributed by atoms with Crippen LogP contribution in [0.5, 0.6) is 0 Å². The molecule has 6 heteroatoms. The summed E-state index contributed by atoms with van der Waals surface area (Å²) in [6.07, 6.45) is -4.36. The van der Waals surface area contributed by atoms with Gasteiger partial charge in [-0.1, -0.05) is 12.1 Å². The van der Waals surface area contributed by atoms with Gasteiger partial charge in [0.25, 0.3) is 0 Å². The molecule has 90 valence electrons. The fourth-order valence-electron chi connectivity index (χ4n) is 1.45. The van der Waals surface area contributed by atoms with Crippen LogP contribution >= 0.6 is 11.3 Å². The predicted octanol–water partition coefficient (Wildman–Crippen LogP) is 3.32. The molecular weight excluding hydrogens is 251 g/mol. The maximum Gasteiger partial charge on any atom is 0.416 e. The molecule has 2 rings (SSSR count). The molecule has 0 fully saturated rings. The first-order valence-corrected chi connectivity index (χ1v) is 5.61. The highest BCUT2D eigenvalue weighted by atomic mass is 32.1. The molecule has 2 aromatic rings. The maximum absolute atomic E-state index is 12.5. The molecule has 1 aromatic heterocycles. The fraction of sp³-hybridized carbons (Fsp3) is 0.182. The number of rotatable bonds is 2. The number of thiazole rings is 1. The molecule has 0 saturated carbocycles. The highest BCUT2D eigenvalue weighted by Gasteiger charge is 2.30. The highest BCUT2D eigenvalue weighted by Crippen LogP contribution is 2.34. The van der Waals surface area contributed by atoms with Crippen molar-refractivity contribution in [2.45, 2.75) is 12.8 Å². The first-order valence-electron chi connectivity index (χ1n) is 4.73. The summed E-state index contributed by atoms with van der Waals surface area (Å²) in [6.45, 7) is -0.283. The van der Waals surface area contributed by atoms with Crippen molar-refractivity contribution >= 4 is 11.3 Å². The predicted molar refractivity (Wildman–Crippen MR) is 58.5 cm³/mol. The Bertz CT molecular complexity index is 521. The van der Waals surface area contributed by atoms with E-state index < -0.39 is 11.7 Å². The minimum Gasteiger partial charge on any atom is -0.390 e. The number of hydrogen-bond donors (Lipinski definition) is 1. The second-order valence-electron chi connectivity index (χ2n) is 3.36. The minimum absolute atomic E-state index is 0.283. The van der Waals surface area contributed by atoms with Gasteiger partial charge in [0.05, 0.1) is 28.3 Å². The van der Waals surface area contributed by atoms with Crippen molar-refractivity contribution in [1.82, 2.24) is 4.98 Å². The smallest absolute Gasteiger partial charge is 0.390 e. The average molecular weight is 259 g/mol. The number of alkyl halides is 3. The molecule has 0 amide bonds. The molecule has 0 spiro atoms. The molecule has 0 radical (unpaired) electrons. The normalized spacial score (nSPS) is 11.8. The van der Waals surface area contributed by atoms with E-state index in [9.17, 15) is 13.2 Å². The van der Waals surface area contributed by atoms with Gasteiger partial charge in [0, 0.05) is 0 Å². The second kappa shape index (κ2) is 4.46. The van der Waals surface area contributed by atoms with Gasteiger partial charge in [-0.15, -0.1) is 11.3 Å². The van der Waals surface area contributed by atoms with Gasteiger partial charge >= 0.3 is 6.18 Å². The number of hydrogen-bond acceptors (Lipinski definition) is 3. The van der Waals surface area contributed by atoms with Gasteiger partial charge in [-0.2, -0.15) is 13.2 Å². The number of aromatic nitrogens is 1. The Morgan fingerprint density at radius 3 is 2.71 bits per heavy atom. The van der Waals surface area contributed by atoms with Gasteiger partial charge in [0.1, 0.15) is 0 Å². The van der Waals surface area contributed by atoms with Gasteiger partial charge in [-0.25, -0.2) is 4.98 Å².